The number of fused-ring (bicyclic) bond motifs is 1. The summed E-state index contributed by atoms with van der Waals surface area (Å²) < 4.78 is 1.04. The molecule has 4 rings (SSSR count). The van der Waals surface area contributed by atoms with E-state index in [-0.39, 0.29) is 6.03 Å². The SMILES string of the molecule is Cc1cc(NC(=O)N2CC=C(c3c[nH]c4ccccc34)CC2)ccc1Br. The molecule has 0 saturated carbocycles. The Morgan fingerprint density at radius 3 is 2.85 bits per heavy atom. The van der Waals surface area contributed by atoms with Crippen molar-refractivity contribution in [1.29, 1.82) is 0 Å². The lowest BCUT2D eigenvalue weighted by atomic mass is 9.99. The molecule has 1 aliphatic heterocycles. The van der Waals surface area contributed by atoms with E-state index in [9.17, 15) is 4.79 Å². The maximum absolute atomic E-state index is 12.5. The summed E-state index contributed by atoms with van der Waals surface area (Å²) in [5, 5.41) is 4.23. The summed E-state index contributed by atoms with van der Waals surface area (Å²) in [6.07, 6.45) is 5.08. The van der Waals surface area contributed by atoms with E-state index in [2.05, 4.69) is 56.7 Å². The van der Waals surface area contributed by atoms with Gasteiger partial charge in [-0.1, -0.05) is 40.2 Å². The first kappa shape index (κ1) is 16.9. The highest BCUT2D eigenvalue weighted by molar-refractivity contribution is 9.10. The Kier molecular flexibility index (Phi) is 4.55. The predicted octanol–water partition coefficient (Wildman–Crippen LogP) is 5.56. The molecule has 0 atom stereocenters. The fourth-order valence-electron chi connectivity index (χ4n) is 3.36. The number of halogens is 1. The van der Waals surface area contributed by atoms with Gasteiger partial charge in [0.2, 0.25) is 0 Å². The molecule has 0 aliphatic carbocycles. The van der Waals surface area contributed by atoms with Crippen LogP contribution in [0.3, 0.4) is 0 Å². The van der Waals surface area contributed by atoms with Crippen molar-refractivity contribution in [2.75, 3.05) is 18.4 Å². The molecule has 0 saturated heterocycles. The van der Waals surface area contributed by atoms with Crippen molar-refractivity contribution in [3.8, 4) is 0 Å². The van der Waals surface area contributed by atoms with Gasteiger partial charge in [0.15, 0.2) is 0 Å². The number of aromatic nitrogens is 1. The number of H-pyrrole nitrogens is 1. The maximum atomic E-state index is 12.5. The van der Waals surface area contributed by atoms with Crippen molar-refractivity contribution < 1.29 is 4.79 Å². The molecule has 132 valence electrons. The maximum Gasteiger partial charge on any atom is 0.322 e. The van der Waals surface area contributed by atoms with E-state index < -0.39 is 0 Å². The quantitative estimate of drug-likeness (QED) is 0.571. The Hall–Kier alpha value is -2.53. The highest BCUT2D eigenvalue weighted by Gasteiger charge is 2.19. The number of aromatic amines is 1. The smallest absolute Gasteiger partial charge is 0.322 e. The van der Waals surface area contributed by atoms with Gasteiger partial charge in [0, 0.05) is 45.9 Å². The summed E-state index contributed by atoms with van der Waals surface area (Å²) in [5.74, 6) is 0. The second-order valence-electron chi connectivity index (χ2n) is 6.57. The van der Waals surface area contributed by atoms with Crippen LogP contribution in [0.4, 0.5) is 10.5 Å². The highest BCUT2D eigenvalue weighted by Crippen LogP contribution is 2.29. The molecule has 5 heteroatoms. The Morgan fingerprint density at radius 2 is 2.08 bits per heavy atom. The van der Waals surface area contributed by atoms with Gasteiger partial charge in [-0.2, -0.15) is 0 Å². The van der Waals surface area contributed by atoms with Gasteiger partial charge >= 0.3 is 6.03 Å². The van der Waals surface area contributed by atoms with E-state index >= 15 is 0 Å². The predicted molar refractivity (Wildman–Crippen MR) is 110 cm³/mol. The number of aryl methyl sites for hydroxylation is 1. The van der Waals surface area contributed by atoms with Crippen molar-refractivity contribution in [3.05, 3.63) is 70.3 Å². The fourth-order valence-corrected chi connectivity index (χ4v) is 3.61. The summed E-state index contributed by atoms with van der Waals surface area (Å²) in [7, 11) is 0. The Balaban J connectivity index is 1.46. The van der Waals surface area contributed by atoms with E-state index in [0.717, 1.165) is 27.7 Å². The summed E-state index contributed by atoms with van der Waals surface area (Å²) in [5.41, 5.74) is 5.61. The molecule has 1 aliphatic rings. The van der Waals surface area contributed by atoms with Crippen LogP contribution in [0.1, 0.15) is 17.5 Å². The Labute approximate surface area is 161 Å². The first-order chi connectivity index (χ1) is 12.6. The second-order valence-corrected chi connectivity index (χ2v) is 7.42. The van der Waals surface area contributed by atoms with Crippen molar-refractivity contribution in [3.63, 3.8) is 0 Å². The van der Waals surface area contributed by atoms with Crippen molar-refractivity contribution in [1.82, 2.24) is 9.88 Å². The number of urea groups is 1. The number of amides is 2. The molecule has 2 N–H and O–H groups in total. The molecule has 2 amide bonds. The Morgan fingerprint density at radius 1 is 1.23 bits per heavy atom. The summed E-state index contributed by atoms with van der Waals surface area (Å²) >= 11 is 3.48. The summed E-state index contributed by atoms with van der Waals surface area (Å²) in [4.78, 5) is 17.7. The minimum absolute atomic E-state index is 0.0547. The lowest BCUT2D eigenvalue weighted by molar-refractivity contribution is 0.217. The largest absolute Gasteiger partial charge is 0.361 e. The third-order valence-electron chi connectivity index (χ3n) is 4.84. The third-order valence-corrected chi connectivity index (χ3v) is 5.73. The number of benzene rings is 2. The molecule has 2 aromatic carbocycles. The van der Waals surface area contributed by atoms with E-state index in [4.69, 9.17) is 0 Å². The number of carbonyl (C=O) groups is 1. The fraction of sp³-hybridized carbons (Fsp3) is 0.190. The first-order valence-corrected chi connectivity index (χ1v) is 9.49. The molecule has 0 bridgehead atoms. The number of nitrogens with one attached hydrogen (secondary N) is 2. The number of para-hydroxylation sites is 1. The summed E-state index contributed by atoms with van der Waals surface area (Å²) in [6.45, 7) is 3.35. The van der Waals surface area contributed by atoms with Gasteiger partial charge in [0.25, 0.3) is 0 Å². The van der Waals surface area contributed by atoms with Crippen LogP contribution < -0.4 is 5.32 Å². The minimum Gasteiger partial charge on any atom is -0.361 e. The zero-order chi connectivity index (χ0) is 18.1. The molecule has 4 nitrogen and oxygen atoms in total. The number of hydrogen-bond acceptors (Lipinski definition) is 1. The van der Waals surface area contributed by atoms with Crippen molar-refractivity contribution in [2.45, 2.75) is 13.3 Å². The number of nitrogens with zero attached hydrogens (tertiary/aromatic N) is 1. The lowest BCUT2D eigenvalue weighted by Gasteiger charge is -2.26. The van der Waals surface area contributed by atoms with Gasteiger partial charge in [-0.3, -0.25) is 0 Å². The number of carbonyl (C=O) groups excluding carboxylic acids is 1. The monoisotopic (exact) mass is 409 g/mol. The standard InChI is InChI=1S/C21H20BrN3O/c1-14-12-16(6-7-19(14)22)24-21(26)25-10-8-15(9-11-25)18-13-23-20-5-3-2-4-17(18)20/h2-8,12-13,23H,9-11H2,1H3,(H,24,26). The molecule has 0 unspecified atom stereocenters. The van der Waals surface area contributed by atoms with Crippen molar-refractivity contribution in [2.24, 2.45) is 0 Å². The molecule has 0 spiro atoms. The van der Waals surface area contributed by atoms with Crippen LogP contribution >= 0.6 is 15.9 Å². The topological polar surface area (TPSA) is 48.1 Å². The molecule has 0 radical (unpaired) electrons. The van der Waals surface area contributed by atoms with Gasteiger partial charge in [0.05, 0.1) is 0 Å². The van der Waals surface area contributed by atoms with E-state index in [0.29, 0.717) is 13.1 Å². The number of rotatable bonds is 2. The van der Waals surface area contributed by atoms with Crippen LogP contribution in [0.25, 0.3) is 16.5 Å². The average Bonchev–Trinajstić information content (AvgIpc) is 3.09. The van der Waals surface area contributed by atoms with Crippen LogP contribution in [0, 0.1) is 6.92 Å². The van der Waals surface area contributed by atoms with Crippen LogP contribution in [-0.2, 0) is 0 Å². The minimum atomic E-state index is -0.0547. The van der Waals surface area contributed by atoms with Gasteiger partial charge < -0.3 is 15.2 Å². The van der Waals surface area contributed by atoms with Crippen molar-refractivity contribution >= 4 is 44.1 Å². The number of anilines is 1. The number of hydrogen-bond donors (Lipinski definition) is 2. The molecule has 26 heavy (non-hydrogen) atoms. The van der Waals surface area contributed by atoms with Crippen LogP contribution in [0.5, 0.6) is 0 Å². The first-order valence-electron chi connectivity index (χ1n) is 8.69. The molecular weight excluding hydrogens is 390 g/mol. The zero-order valence-corrected chi connectivity index (χ0v) is 16.1. The van der Waals surface area contributed by atoms with Crippen LogP contribution in [0.2, 0.25) is 0 Å². The van der Waals surface area contributed by atoms with Crippen LogP contribution in [-0.4, -0.2) is 29.0 Å². The molecule has 2 heterocycles. The molecule has 1 aromatic heterocycles. The lowest BCUT2D eigenvalue weighted by Crippen LogP contribution is -2.37. The normalized spacial score (nSPS) is 14.4. The zero-order valence-electron chi connectivity index (χ0n) is 14.6. The van der Waals surface area contributed by atoms with Gasteiger partial charge in [-0.05, 0) is 48.7 Å². The van der Waals surface area contributed by atoms with Gasteiger partial charge in [0.1, 0.15) is 0 Å². The average molecular weight is 410 g/mol. The third kappa shape index (κ3) is 3.27. The highest BCUT2D eigenvalue weighted by atomic mass is 79.9. The summed E-state index contributed by atoms with van der Waals surface area (Å²) in [6, 6.07) is 14.1. The van der Waals surface area contributed by atoms with Crippen LogP contribution in [0.15, 0.2) is 59.2 Å². The molecule has 3 aromatic rings. The van der Waals surface area contributed by atoms with E-state index in [1.165, 1.54) is 16.5 Å². The van der Waals surface area contributed by atoms with Gasteiger partial charge in [-0.25, -0.2) is 4.79 Å². The van der Waals surface area contributed by atoms with Gasteiger partial charge in [-0.15, -0.1) is 0 Å². The van der Waals surface area contributed by atoms with E-state index in [1.54, 1.807) is 0 Å². The Bertz CT molecular complexity index is 1010. The molecular formula is C21H20BrN3O. The molecule has 0 fully saturated rings. The van der Waals surface area contributed by atoms with E-state index in [1.807, 2.05) is 36.1 Å². The second kappa shape index (κ2) is 7.00.